The Labute approximate surface area is 61.1 Å². The van der Waals surface area contributed by atoms with E-state index < -0.39 is 0 Å². The molecule has 0 aromatic carbocycles. The van der Waals surface area contributed by atoms with Crippen molar-refractivity contribution in [1.82, 2.24) is 0 Å². The van der Waals surface area contributed by atoms with E-state index in [1.807, 2.05) is 25.2 Å². The topological polar surface area (TPSA) is 18.5 Å². The van der Waals surface area contributed by atoms with Gasteiger partial charge in [0.15, 0.2) is 0 Å². The average Bonchev–Trinajstić information content (AvgIpc) is 2.03. The predicted molar refractivity (Wildman–Crippen MR) is 39.7 cm³/mol. The molecule has 1 rings (SSSR count). The highest BCUT2D eigenvalue weighted by molar-refractivity contribution is 5.07. The standard InChI is InChI=1S/C8H12O2/c1-2-3-4-8-7-9-5-6-10-8/h2-4H,5-7H2,1H3/b3-2-,8-4+. The number of hydrogen-bond acceptors (Lipinski definition) is 2. The van der Waals surface area contributed by atoms with E-state index in [1.165, 1.54) is 0 Å². The molecule has 0 bridgehead atoms. The van der Waals surface area contributed by atoms with Crippen LogP contribution in [-0.2, 0) is 9.47 Å². The average molecular weight is 140 g/mol. The maximum absolute atomic E-state index is 5.26. The first-order chi connectivity index (χ1) is 4.93. The summed E-state index contributed by atoms with van der Waals surface area (Å²) in [6, 6.07) is 0. The van der Waals surface area contributed by atoms with Crippen LogP contribution in [0.5, 0.6) is 0 Å². The molecule has 10 heavy (non-hydrogen) atoms. The van der Waals surface area contributed by atoms with Crippen molar-refractivity contribution < 1.29 is 9.47 Å². The minimum atomic E-state index is 0.615. The van der Waals surface area contributed by atoms with E-state index in [9.17, 15) is 0 Å². The van der Waals surface area contributed by atoms with Gasteiger partial charge < -0.3 is 9.47 Å². The lowest BCUT2D eigenvalue weighted by molar-refractivity contribution is 0.0135. The zero-order valence-corrected chi connectivity index (χ0v) is 6.17. The van der Waals surface area contributed by atoms with Crippen LogP contribution in [0.3, 0.4) is 0 Å². The largest absolute Gasteiger partial charge is 0.493 e. The van der Waals surface area contributed by atoms with Crippen LogP contribution in [0.1, 0.15) is 6.92 Å². The second-order valence-electron chi connectivity index (χ2n) is 2.06. The Kier molecular flexibility index (Phi) is 3.03. The number of hydrogen-bond donors (Lipinski definition) is 0. The fraction of sp³-hybridized carbons (Fsp3) is 0.500. The highest BCUT2D eigenvalue weighted by Crippen LogP contribution is 2.03. The minimum Gasteiger partial charge on any atom is -0.493 e. The molecule has 56 valence electrons. The molecule has 0 saturated carbocycles. The van der Waals surface area contributed by atoms with Crippen LogP contribution < -0.4 is 0 Å². The maximum atomic E-state index is 5.26. The van der Waals surface area contributed by atoms with Crippen molar-refractivity contribution in [3.05, 3.63) is 24.0 Å². The van der Waals surface area contributed by atoms with Crippen LogP contribution in [0.25, 0.3) is 0 Å². The van der Waals surface area contributed by atoms with Crippen molar-refractivity contribution in [2.75, 3.05) is 19.8 Å². The predicted octanol–water partition coefficient (Wildman–Crippen LogP) is 1.49. The fourth-order valence-corrected chi connectivity index (χ4v) is 0.746. The Morgan fingerprint density at radius 1 is 1.40 bits per heavy atom. The van der Waals surface area contributed by atoms with Gasteiger partial charge in [-0.1, -0.05) is 12.2 Å². The lowest BCUT2D eigenvalue weighted by atomic mass is 10.4. The highest BCUT2D eigenvalue weighted by Gasteiger charge is 2.03. The Morgan fingerprint density at radius 2 is 2.30 bits per heavy atom. The van der Waals surface area contributed by atoms with Gasteiger partial charge in [0, 0.05) is 0 Å². The van der Waals surface area contributed by atoms with Crippen LogP contribution >= 0.6 is 0 Å². The molecule has 0 spiro atoms. The Bertz CT molecular complexity index is 139. The molecule has 1 aliphatic rings. The third-order valence-electron chi connectivity index (χ3n) is 1.23. The molecule has 0 aromatic heterocycles. The molecule has 0 amide bonds. The normalized spacial score (nSPS) is 23.5. The summed E-state index contributed by atoms with van der Waals surface area (Å²) in [6.07, 6.45) is 5.84. The number of rotatable bonds is 1. The second kappa shape index (κ2) is 4.12. The van der Waals surface area contributed by atoms with E-state index in [-0.39, 0.29) is 0 Å². The van der Waals surface area contributed by atoms with Gasteiger partial charge in [-0.15, -0.1) is 0 Å². The summed E-state index contributed by atoms with van der Waals surface area (Å²) in [5.74, 6) is 0.921. The van der Waals surface area contributed by atoms with Crippen LogP contribution in [0, 0.1) is 0 Å². The van der Waals surface area contributed by atoms with Gasteiger partial charge in [-0.2, -0.15) is 0 Å². The van der Waals surface area contributed by atoms with Gasteiger partial charge in [-0.3, -0.25) is 0 Å². The molecule has 1 fully saturated rings. The first-order valence-electron chi connectivity index (χ1n) is 3.46. The molecule has 1 heterocycles. The molecular weight excluding hydrogens is 128 g/mol. The van der Waals surface area contributed by atoms with Gasteiger partial charge in [-0.05, 0) is 13.0 Å². The third-order valence-corrected chi connectivity index (χ3v) is 1.23. The van der Waals surface area contributed by atoms with Crippen LogP contribution in [0.4, 0.5) is 0 Å². The van der Waals surface area contributed by atoms with Crippen LogP contribution in [0.2, 0.25) is 0 Å². The second-order valence-corrected chi connectivity index (χ2v) is 2.06. The summed E-state index contributed by atoms with van der Waals surface area (Å²) in [4.78, 5) is 0. The minimum absolute atomic E-state index is 0.615. The number of allylic oxidation sites excluding steroid dienone is 3. The van der Waals surface area contributed by atoms with Crippen molar-refractivity contribution in [1.29, 1.82) is 0 Å². The Hall–Kier alpha value is -0.760. The SMILES string of the molecule is C/C=C\C=C1/COCCO1. The van der Waals surface area contributed by atoms with Crippen LogP contribution in [0.15, 0.2) is 24.0 Å². The van der Waals surface area contributed by atoms with Crippen molar-refractivity contribution in [2.45, 2.75) is 6.92 Å². The quantitative estimate of drug-likeness (QED) is 0.549. The van der Waals surface area contributed by atoms with Gasteiger partial charge >= 0.3 is 0 Å². The lowest BCUT2D eigenvalue weighted by Gasteiger charge is -2.15. The molecule has 1 aliphatic heterocycles. The monoisotopic (exact) mass is 140 g/mol. The summed E-state index contributed by atoms with van der Waals surface area (Å²) >= 11 is 0. The van der Waals surface area contributed by atoms with E-state index in [2.05, 4.69) is 0 Å². The molecule has 1 saturated heterocycles. The Balaban J connectivity index is 2.37. The molecule has 2 heteroatoms. The van der Waals surface area contributed by atoms with E-state index in [4.69, 9.17) is 9.47 Å². The number of ether oxygens (including phenoxy) is 2. The van der Waals surface area contributed by atoms with Crippen molar-refractivity contribution in [2.24, 2.45) is 0 Å². The molecule has 0 unspecified atom stereocenters. The maximum Gasteiger partial charge on any atom is 0.122 e. The summed E-state index contributed by atoms with van der Waals surface area (Å²) in [5.41, 5.74) is 0. The summed E-state index contributed by atoms with van der Waals surface area (Å²) in [7, 11) is 0. The van der Waals surface area contributed by atoms with Gasteiger partial charge in [0.25, 0.3) is 0 Å². The molecule has 0 radical (unpaired) electrons. The van der Waals surface area contributed by atoms with Gasteiger partial charge in [-0.25, -0.2) is 0 Å². The van der Waals surface area contributed by atoms with E-state index >= 15 is 0 Å². The highest BCUT2D eigenvalue weighted by atomic mass is 16.6. The summed E-state index contributed by atoms with van der Waals surface area (Å²) < 4.78 is 10.4. The molecular formula is C8H12O2. The molecule has 0 aromatic rings. The summed E-state index contributed by atoms with van der Waals surface area (Å²) in [6.45, 7) is 3.99. The van der Waals surface area contributed by atoms with E-state index in [0.717, 1.165) is 5.76 Å². The smallest absolute Gasteiger partial charge is 0.122 e. The molecule has 0 atom stereocenters. The molecule has 0 aliphatic carbocycles. The van der Waals surface area contributed by atoms with Gasteiger partial charge in [0.2, 0.25) is 0 Å². The molecule has 0 N–H and O–H groups in total. The van der Waals surface area contributed by atoms with Crippen molar-refractivity contribution >= 4 is 0 Å². The lowest BCUT2D eigenvalue weighted by Crippen LogP contribution is -2.15. The van der Waals surface area contributed by atoms with Crippen LogP contribution in [-0.4, -0.2) is 19.8 Å². The first kappa shape index (κ1) is 7.35. The molecule has 2 nitrogen and oxygen atoms in total. The first-order valence-corrected chi connectivity index (χ1v) is 3.46. The van der Waals surface area contributed by atoms with Crippen molar-refractivity contribution in [3.8, 4) is 0 Å². The van der Waals surface area contributed by atoms with Crippen molar-refractivity contribution in [3.63, 3.8) is 0 Å². The van der Waals surface area contributed by atoms with E-state index in [0.29, 0.717) is 19.8 Å². The third kappa shape index (κ3) is 2.23. The fourth-order valence-electron chi connectivity index (χ4n) is 0.746. The zero-order valence-electron chi connectivity index (χ0n) is 6.17. The Morgan fingerprint density at radius 3 is 2.90 bits per heavy atom. The zero-order chi connectivity index (χ0) is 7.23. The summed E-state index contributed by atoms with van der Waals surface area (Å²) in [5, 5.41) is 0. The van der Waals surface area contributed by atoms with E-state index in [1.54, 1.807) is 0 Å². The van der Waals surface area contributed by atoms with Gasteiger partial charge in [0.1, 0.15) is 19.0 Å². The van der Waals surface area contributed by atoms with Gasteiger partial charge in [0.05, 0.1) is 6.61 Å².